The van der Waals surface area contributed by atoms with Gasteiger partial charge in [0.05, 0.1) is 5.41 Å². The maximum Gasteiger partial charge on any atom is 0.239 e. The number of imide groups is 1. The Labute approximate surface area is 132 Å². The zero-order valence-electron chi connectivity index (χ0n) is 13.6. The predicted octanol–water partition coefficient (Wildman–Crippen LogP) is 1.63. The highest BCUT2D eigenvalue weighted by molar-refractivity contribution is 6.03. The van der Waals surface area contributed by atoms with Crippen LogP contribution >= 0.6 is 0 Å². The molecule has 0 bridgehead atoms. The molecule has 1 saturated heterocycles. The number of nitrogens with zero attached hydrogens (tertiary/aromatic N) is 2. The number of hydrogen-bond donors (Lipinski definition) is 1. The van der Waals surface area contributed by atoms with Crippen LogP contribution in [0.1, 0.15) is 31.7 Å². The molecule has 2 rings (SSSR count). The Hall–Kier alpha value is -1.88. The van der Waals surface area contributed by atoms with Crippen LogP contribution in [0.4, 0.5) is 5.69 Å². The van der Waals surface area contributed by atoms with Crippen LogP contribution in [0.5, 0.6) is 0 Å². The lowest BCUT2D eigenvalue weighted by Crippen LogP contribution is -2.55. The number of amides is 2. The number of piperidine rings is 1. The number of hydrogen-bond acceptors (Lipinski definition) is 4. The number of likely N-dealkylation sites (tertiary alicyclic amines) is 1. The van der Waals surface area contributed by atoms with Crippen LogP contribution in [0.3, 0.4) is 0 Å². The SMILES string of the molecule is CCC1(c2ccc(N)cc2)CCC(=O)N(CCN(C)C)C1=O. The Balaban J connectivity index is 2.32. The van der Waals surface area contributed by atoms with Gasteiger partial charge in [-0.15, -0.1) is 0 Å². The molecule has 120 valence electrons. The molecule has 0 aromatic heterocycles. The summed E-state index contributed by atoms with van der Waals surface area (Å²) >= 11 is 0. The van der Waals surface area contributed by atoms with E-state index in [1.165, 1.54) is 4.90 Å². The third-order valence-corrected chi connectivity index (χ3v) is 4.56. The van der Waals surface area contributed by atoms with Gasteiger partial charge in [-0.2, -0.15) is 0 Å². The second-order valence-corrected chi connectivity index (χ2v) is 6.21. The van der Waals surface area contributed by atoms with Gasteiger partial charge in [-0.05, 0) is 44.6 Å². The molecule has 5 heteroatoms. The maximum atomic E-state index is 13.0. The van der Waals surface area contributed by atoms with Gasteiger partial charge in [-0.3, -0.25) is 14.5 Å². The third-order valence-electron chi connectivity index (χ3n) is 4.56. The van der Waals surface area contributed by atoms with Gasteiger partial charge in [0.15, 0.2) is 0 Å². The monoisotopic (exact) mass is 303 g/mol. The molecule has 1 aromatic carbocycles. The summed E-state index contributed by atoms with van der Waals surface area (Å²) in [5, 5.41) is 0. The van der Waals surface area contributed by atoms with E-state index in [4.69, 9.17) is 5.73 Å². The van der Waals surface area contributed by atoms with E-state index in [0.29, 0.717) is 38.0 Å². The molecule has 1 unspecified atom stereocenters. The van der Waals surface area contributed by atoms with Crippen molar-refractivity contribution in [3.8, 4) is 0 Å². The summed E-state index contributed by atoms with van der Waals surface area (Å²) in [5.41, 5.74) is 6.78. The van der Waals surface area contributed by atoms with Gasteiger partial charge in [0, 0.05) is 25.2 Å². The van der Waals surface area contributed by atoms with Gasteiger partial charge in [-0.1, -0.05) is 19.1 Å². The summed E-state index contributed by atoms with van der Waals surface area (Å²) in [6, 6.07) is 7.47. The smallest absolute Gasteiger partial charge is 0.239 e. The van der Waals surface area contributed by atoms with Gasteiger partial charge < -0.3 is 10.6 Å². The first-order valence-corrected chi connectivity index (χ1v) is 7.76. The zero-order valence-corrected chi connectivity index (χ0v) is 13.6. The lowest BCUT2D eigenvalue weighted by Gasteiger charge is -2.40. The molecule has 0 aliphatic carbocycles. The van der Waals surface area contributed by atoms with E-state index < -0.39 is 5.41 Å². The molecule has 2 N–H and O–H groups in total. The van der Waals surface area contributed by atoms with Crippen LogP contribution in [-0.4, -0.2) is 48.8 Å². The van der Waals surface area contributed by atoms with Gasteiger partial charge in [-0.25, -0.2) is 0 Å². The van der Waals surface area contributed by atoms with E-state index >= 15 is 0 Å². The van der Waals surface area contributed by atoms with E-state index in [2.05, 4.69) is 0 Å². The lowest BCUT2D eigenvalue weighted by atomic mass is 9.71. The molecular formula is C17H25N3O2. The van der Waals surface area contributed by atoms with E-state index in [0.717, 1.165) is 5.56 Å². The minimum atomic E-state index is -0.603. The molecule has 1 fully saturated rings. The van der Waals surface area contributed by atoms with Crippen molar-refractivity contribution in [2.24, 2.45) is 0 Å². The molecule has 0 saturated carbocycles. The van der Waals surface area contributed by atoms with Crippen molar-refractivity contribution in [3.63, 3.8) is 0 Å². The highest BCUT2D eigenvalue weighted by atomic mass is 16.2. The van der Waals surface area contributed by atoms with Crippen molar-refractivity contribution >= 4 is 17.5 Å². The van der Waals surface area contributed by atoms with Gasteiger partial charge >= 0.3 is 0 Å². The number of carbonyl (C=O) groups is 2. The predicted molar refractivity (Wildman–Crippen MR) is 87.3 cm³/mol. The summed E-state index contributed by atoms with van der Waals surface area (Å²) in [6.45, 7) is 3.13. The Bertz CT molecular complexity index is 554. The summed E-state index contributed by atoms with van der Waals surface area (Å²) in [6.07, 6.45) is 1.67. The Morgan fingerprint density at radius 1 is 1.23 bits per heavy atom. The molecular weight excluding hydrogens is 278 g/mol. The minimum Gasteiger partial charge on any atom is -0.399 e. The quantitative estimate of drug-likeness (QED) is 0.663. The van der Waals surface area contributed by atoms with Crippen molar-refractivity contribution in [2.75, 3.05) is 32.9 Å². The average Bonchev–Trinajstić information content (AvgIpc) is 2.49. The molecule has 2 amide bonds. The van der Waals surface area contributed by atoms with Crippen molar-refractivity contribution in [3.05, 3.63) is 29.8 Å². The molecule has 0 radical (unpaired) electrons. The number of carbonyl (C=O) groups excluding carboxylic acids is 2. The second-order valence-electron chi connectivity index (χ2n) is 6.21. The summed E-state index contributed by atoms with van der Waals surface area (Å²) in [4.78, 5) is 28.6. The Morgan fingerprint density at radius 2 is 1.86 bits per heavy atom. The fourth-order valence-corrected chi connectivity index (χ4v) is 3.06. The highest BCUT2D eigenvalue weighted by Crippen LogP contribution is 2.38. The maximum absolute atomic E-state index is 13.0. The average molecular weight is 303 g/mol. The fraction of sp³-hybridized carbons (Fsp3) is 0.529. The minimum absolute atomic E-state index is 0.0635. The van der Waals surface area contributed by atoms with Crippen molar-refractivity contribution in [1.82, 2.24) is 9.80 Å². The van der Waals surface area contributed by atoms with Crippen molar-refractivity contribution in [1.29, 1.82) is 0 Å². The molecule has 5 nitrogen and oxygen atoms in total. The van der Waals surface area contributed by atoms with Crippen LogP contribution in [0, 0.1) is 0 Å². The van der Waals surface area contributed by atoms with E-state index in [1.807, 2.05) is 50.2 Å². The molecule has 0 spiro atoms. The molecule has 1 aliphatic heterocycles. The summed E-state index contributed by atoms with van der Waals surface area (Å²) < 4.78 is 0. The van der Waals surface area contributed by atoms with Crippen molar-refractivity contribution < 1.29 is 9.59 Å². The molecule has 22 heavy (non-hydrogen) atoms. The van der Waals surface area contributed by atoms with E-state index in [-0.39, 0.29) is 11.8 Å². The van der Waals surface area contributed by atoms with E-state index in [1.54, 1.807) is 0 Å². The van der Waals surface area contributed by atoms with Crippen LogP contribution in [0.25, 0.3) is 0 Å². The van der Waals surface area contributed by atoms with Gasteiger partial charge in [0.2, 0.25) is 11.8 Å². The molecule has 1 atom stereocenters. The summed E-state index contributed by atoms with van der Waals surface area (Å²) in [7, 11) is 3.87. The van der Waals surface area contributed by atoms with Gasteiger partial charge in [0.1, 0.15) is 0 Å². The van der Waals surface area contributed by atoms with Crippen LogP contribution in [0.2, 0.25) is 0 Å². The van der Waals surface area contributed by atoms with Crippen molar-refractivity contribution in [2.45, 2.75) is 31.6 Å². The zero-order chi connectivity index (χ0) is 16.3. The van der Waals surface area contributed by atoms with Gasteiger partial charge in [0.25, 0.3) is 0 Å². The fourth-order valence-electron chi connectivity index (χ4n) is 3.06. The number of nitrogen functional groups attached to an aromatic ring is 1. The topological polar surface area (TPSA) is 66.6 Å². The van der Waals surface area contributed by atoms with E-state index in [9.17, 15) is 9.59 Å². The number of nitrogens with two attached hydrogens (primary N) is 1. The largest absolute Gasteiger partial charge is 0.399 e. The molecule has 1 aromatic rings. The number of rotatable bonds is 5. The standard InChI is InChI=1S/C17H25N3O2/c1-4-17(13-5-7-14(18)8-6-13)10-9-15(21)20(16(17)22)12-11-19(2)3/h5-8H,4,9-12,18H2,1-3H3. The number of benzene rings is 1. The first-order chi connectivity index (χ1) is 10.4. The molecule has 1 heterocycles. The first kappa shape index (κ1) is 16.5. The number of likely N-dealkylation sites (N-methyl/N-ethyl adjacent to an activating group) is 1. The van der Waals surface area contributed by atoms with Crippen LogP contribution in [0.15, 0.2) is 24.3 Å². The van der Waals surface area contributed by atoms with Crippen LogP contribution in [-0.2, 0) is 15.0 Å². The Morgan fingerprint density at radius 3 is 2.41 bits per heavy atom. The Kier molecular flexibility index (Phi) is 4.86. The highest BCUT2D eigenvalue weighted by Gasteiger charge is 2.46. The lowest BCUT2D eigenvalue weighted by molar-refractivity contribution is -0.153. The summed E-state index contributed by atoms with van der Waals surface area (Å²) in [5.74, 6) is -0.135. The normalized spacial score (nSPS) is 22.5. The number of anilines is 1. The first-order valence-electron chi connectivity index (χ1n) is 7.76. The van der Waals surface area contributed by atoms with Crippen LogP contribution < -0.4 is 5.73 Å². The second kappa shape index (κ2) is 6.48. The molecule has 1 aliphatic rings. The third kappa shape index (κ3) is 2.99.